The molecule has 0 saturated heterocycles. The largest absolute Gasteiger partial charge is 0.459 e. The van der Waals surface area contributed by atoms with Crippen LogP contribution in [0.25, 0.3) is 11.5 Å². The molecule has 3 rings (SSSR count). The van der Waals surface area contributed by atoms with E-state index in [4.69, 9.17) is 9.15 Å². The number of esters is 1. The molecule has 0 radical (unpaired) electrons. The highest BCUT2D eigenvalue weighted by molar-refractivity contribution is 7.99. The van der Waals surface area contributed by atoms with Crippen LogP contribution in [0.15, 0.2) is 58.2 Å². The molecule has 2 aromatic carbocycles. The number of aromatic nitrogens is 2. The number of amides is 1. The summed E-state index contributed by atoms with van der Waals surface area (Å²) in [4.78, 5) is 24.1. The third-order valence-electron chi connectivity index (χ3n) is 4.48. The topological polar surface area (TPSA) is 94.3 Å². The van der Waals surface area contributed by atoms with Crippen LogP contribution in [0.1, 0.15) is 50.5 Å². The lowest BCUT2D eigenvalue weighted by Crippen LogP contribution is -2.14. The second-order valence-corrected chi connectivity index (χ2v) is 9.50. The first kappa shape index (κ1) is 23.5. The summed E-state index contributed by atoms with van der Waals surface area (Å²) in [5.41, 5.74) is 3.14. The fraction of sp³-hybridized carbons (Fsp3) is 0.333. The fourth-order valence-electron chi connectivity index (χ4n) is 2.79. The lowest BCUT2D eigenvalue weighted by molar-refractivity contribution is -0.113. The Labute approximate surface area is 192 Å². The van der Waals surface area contributed by atoms with Gasteiger partial charge in [-0.25, -0.2) is 4.79 Å². The Morgan fingerprint density at radius 2 is 1.69 bits per heavy atom. The normalized spacial score (nSPS) is 11.4. The molecule has 3 aromatic rings. The van der Waals surface area contributed by atoms with Gasteiger partial charge in [0.2, 0.25) is 11.8 Å². The lowest BCUT2D eigenvalue weighted by Gasteiger charge is -2.18. The van der Waals surface area contributed by atoms with Crippen LogP contribution in [-0.2, 0) is 14.9 Å². The number of thioether (sulfide) groups is 1. The summed E-state index contributed by atoms with van der Waals surface area (Å²) in [6.45, 7) is 10.1. The first-order chi connectivity index (χ1) is 15.1. The maximum atomic E-state index is 12.2. The Kier molecular flexibility index (Phi) is 7.35. The first-order valence-corrected chi connectivity index (χ1v) is 11.3. The van der Waals surface area contributed by atoms with E-state index < -0.39 is 5.97 Å². The summed E-state index contributed by atoms with van der Waals surface area (Å²) in [5.74, 6) is -0.0884. The molecular formula is C24H27N3O4S. The van der Waals surface area contributed by atoms with Crippen molar-refractivity contribution in [2.45, 2.75) is 51.4 Å². The molecule has 0 atom stereocenters. The number of nitrogens with zero attached hydrogens (tertiary/aromatic N) is 2. The Balaban J connectivity index is 1.52. The smallest absolute Gasteiger partial charge is 0.338 e. The third kappa shape index (κ3) is 6.43. The summed E-state index contributed by atoms with van der Waals surface area (Å²) in [6, 6.07) is 14.6. The summed E-state index contributed by atoms with van der Waals surface area (Å²) >= 11 is 1.16. The number of carbonyl (C=O) groups is 2. The highest BCUT2D eigenvalue weighted by atomic mass is 32.2. The molecule has 0 aliphatic carbocycles. The molecule has 1 heterocycles. The van der Waals surface area contributed by atoms with Crippen molar-refractivity contribution in [1.29, 1.82) is 0 Å². The molecule has 0 saturated carbocycles. The van der Waals surface area contributed by atoms with Crippen LogP contribution < -0.4 is 5.32 Å². The average molecular weight is 454 g/mol. The Hall–Kier alpha value is -3.13. The van der Waals surface area contributed by atoms with E-state index in [1.54, 1.807) is 38.1 Å². The minimum absolute atomic E-state index is 0.0689. The highest BCUT2D eigenvalue weighted by Crippen LogP contribution is 2.27. The Morgan fingerprint density at radius 1 is 1.03 bits per heavy atom. The summed E-state index contributed by atoms with van der Waals surface area (Å²) in [7, 11) is 0. The molecule has 0 fully saturated rings. The van der Waals surface area contributed by atoms with E-state index in [0.29, 0.717) is 22.4 Å². The molecule has 8 heteroatoms. The maximum absolute atomic E-state index is 12.2. The fourth-order valence-corrected chi connectivity index (χ4v) is 3.36. The number of hydrogen-bond donors (Lipinski definition) is 1. The number of ether oxygens (including phenoxy) is 1. The van der Waals surface area contributed by atoms with Gasteiger partial charge < -0.3 is 14.5 Å². The van der Waals surface area contributed by atoms with Crippen molar-refractivity contribution >= 4 is 29.3 Å². The van der Waals surface area contributed by atoms with Crippen LogP contribution in [0.5, 0.6) is 0 Å². The zero-order valence-corrected chi connectivity index (χ0v) is 19.7. The van der Waals surface area contributed by atoms with Gasteiger partial charge in [0, 0.05) is 11.3 Å². The van der Waals surface area contributed by atoms with E-state index in [2.05, 4.69) is 36.3 Å². The molecular weight excluding hydrogens is 426 g/mol. The molecule has 1 amide bonds. The predicted octanol–water partition coefficient (Wildman–Crippen LogP) is 5.33. The predicted molar refractivity (Wildman–Crippen MR) is 125 cm³/mol. The number of carbonyl (C=O) groups excluding carboxylic acids is 2. The molecule has 0 aliphatic heterocycles. The van der Waals surface area contributed by atoms with Crippen molar-refractivity contribution in [2.24, 2.45) is 0 Å². The van der Waals surface area contributed by atoms with E-state index in [1.807, 2.05) is 24.3 Å². The van der Waals surface area contributed by atoms with Crippen molar-refractivity contribution in [3.63, 3.8) is 0 Å². The van der Waals surface area contributed by atoms with Crippen molar-refractivity contribution in [3.8, 4) is 11.5 Å². The molecule has 0 unspecified atom stereocenters. The van der Waals surface area contributed by atoms with Crippen LogP contribution in [0.4, 0.5) is 5.69 Å². The van der Waals surface area contributed by atoms with Gasteiger partial charge in [-0.05, 0) is 61.2 Å². The highest BCUT2D eigenvalue weighted by Gasteiger charge is 2.16. The zero-order chi connectivity index (χ0) is 23.3. The first-order valence-electron chi connectivity index (χ1n) is 10.3. The van der Waals surface area contributed by atoms with Gasteiger partial charge in [-0.1, -0.05) is 44.7 Å². The van der Waals surface area contributed by atoms with Crippen LogP contribution >= 0.6 is 11.8 Å². The number of rotatable bonds is 7. The van der Waals surface area contributed by atoms with Gasteiger partial charge >= 0.3 is 5.97 Å². The van der Waals surface area contributed by atoms with Gasteiger partial charge in [0.05, 0.1) is 17.4 Å². The van der Waals surface area contributed by atoms with Crippen molar-refractivity contribution in [1.82, 2.24) is 10.2 Å². The quantitative estimate of drug-likeness (QED) is 0.382. The standard InChI is InChI=1S/C24H27N3O4S/c1-15(2)30-22(29)17-8-12-19(13-9-17)25-20(28)14-32-23-27-26-21(31-23)16-6-10-18(11-7-16)24(3,4)5/h6-13,15H,14H2,1-5H3,(H,25,28). The second kappa shape index (κ2) is 9.99. The second-order valence-electron chi connectivity index (χ2n) is 8.57. The Morgan fingerprint density at radius 3 is 2.28 bits per heavy atom. The molecule has 1 N–H and O–H groups in total. The van der Waals surface area contributed by atoms with Gasteiger partial charge in [0.1, 0.15) is 0 Å². The molecule has 0 bridgehead atoms. The molecule has 1 aromatic heterocycles. The van der Waals surface area contributed by atoms with Gasteiger partial charge in [-0.3, -0.25) is 4.79 Å². The van der Waals surface area contributed by atoms with E-state index in [1.165, 1.54) is 5.56 Å². The van der Waals surface area contributed by atoms with Crippen LogP contribution in [0.3, 0.4) is 0 Å². The molecule has 32 heavy (non-hydrogen) atoms. The van der Waals surface area contributed by atoms with E-state index in [0.717, 1.165) is 17.3 Å². The minimum atomic E-state index is -0.395. The summed E-state index contributed by atoms with van der Waals surface area (Å²) in [5, 5.41) is 11.2. The van der Waals surface area contributed by atoms with E-state index >= 15 is 0 Å². The number of hydrogen-bond acceptors (Lipinski definition) is 7. The van der Waals surface area contributed by atoms with Gasteiger partial charge in [0.15, 0.2) is 0 Å². The molecule has 7 nitrogen and oxygen atoms in total. The Bertz CT molecular complexity index is 1070. The monoisotopic (exact) mass is 453 g/mol. The number of nitrogens with one attached hydrogen (secondary N) is 1. The van der Waals surface area contributed by atoms with E-state index in [-0.39, 0.29) is 23.2 Å². The molecule has 168 valence electrons. The zero-order valence-electron chi connectivity index (χ0n) is 18.8. The van der Waals surface area contributed by atoms with Crippen molar-refractivity contribution in [3.05, 3.63) is 59.7 Å². The third-order valence-corrected chi connectivity index (χ3v) is 5.30. The molecule has 0 spiro atoms. The molecule has 0 aliphatic rings. The minimum Gasteiger partial charge on any atom is -0.459 e. The number of benzene rings is 2. The van der Waals surface area contributed by atoms with Crippen LogP contribution in [0.2, 0.25) is 0 Å². The summed E-state index contributed by atoms with van der Waals surface area (Å²) < 4.78 is 10.8. The SMILES string of the molecule is CC(C)OC(=O)c1ccc(NC(=O)CSc2nnc(-c3ccc(C(C)(C)C)cc3)o2)cc1. The van der Waals surface area contributed by atoms with Crippen molar-refractivity contribution < 1.29 is 18.7 Å². The average Bonchev–Trinajstić information content (AvgIpc) is 3.21. The van der Waals surface area contributed by atoms with Crippen molar-refractivity contribution in [2.75, 3.05) is 11.1 Å². The number of anilines is 1. The van der Waals surface area contributed by atoms with Crippen LogP contribution in [0, 0.1) is 0 Å². The van der Waals surface area contributed by atoms with Gasteiger partial charge in [-0.15, -0.1) is 10.2 Å². The van der Waals surface area contributed by atoms with Crippen LogP contribution in [-0.4, -0.2) is 33.9 Å². The van der Waals surface area contributed by atoms with Gasteiger partial charge in [-0.2, -0.15) is 0 Å². The maximum Gasteiger partial charge on any atom is 0.338 e. The van der Waals surface area contributed by atoms with E-state index in [9.17, 15) is 9.59 Å². The van der Waals surface area contributed by atoms with Gasteiger partial charge in [0.25, 0.3) is 5.22 Å². The summed E-state index contributed by atoms with van der Waals surface area (Å²) in [6.07, 6.45) is -0.188. The lowest BCUT2D eigenvalue weighted by atomic mass is 9.87.